The summed E-state index contributed by atoms with van der Waals surface area (Å²) in [6.07, 6.45) is 0. The second-order valence-corrected chi connectivity index (χ2v) is 7.47. The Morgan fingerprint density at radius 3 is 2.72 bits per heavy atom. The van der Waals surface area contributed by atoms with Crippen LogP contribution in [0.15, 0.2) is 60.0 Å². The molecule has 1 N–H and O–H groups in total. The Morgan fingerprint density at radius 1 is 1.10 bits per heavy atom. The lowest BCUT2D eigenvalue weighted by atomic mass is 10.2. The molecule has 0 bridgehead atoms. The van der Waals surface area contributed by atoms with Crippen molar-refractivity contribution >= 4 is 28.6 Å². The average Bonchev–Trinajstić information content (AvgIpc) is 3.29. The predicted octanol–water partition coefficient (Wildman–Crippen LogP) is 4.17. The van der Waals surface area contributed by atoms with Crippen LogP contribution in [0, 0.1) is 0 Å². The molecule has 2 heterocycles. The van der Waals surface area contributed by atoms with Crippen LogP contribution in [-0.2, 0) is 11.3 Å². The number of benzene rings is 2. The fourth-order valence-electron chi connectivity index (χ4n) is 3.14. The second kappa shape index (κ2) is 8.87. The number of hydrogen-bond acceptors (Lipinski definition) is 6. The number of para-hydroxylation sites is 2. The Bertz CT molecular complexity index is 975. The summed E-state index contributed by atoms with van der Waals surface area (Å²) in [5.41, 5.74) is 1.55. The summed E-state index contributed by atoms with van der Waals surface area (Å²) >= 11 is 1.62. The van der Waals surface area contributed by atoms with E-state index in [1.54, 1.807) is 23.3 Å². The van der Waals surface area contributed by atoms with E-state index < -0.39 is 0 Å². The summed E-state index contributed by atoms with van der Waals surface area (Å²) in [4.78, 5) is 16.0. The van der Waals surface area contributed by atoms with Crippen molar-refractivity contribution in [1.29, 1.82) is 0 Å². The van der Waals surface area contributed by atoms with Crippen LogP contribution in [0.3, 0.4) is 0 Å². The molecule has 0 aliphatic carbocycles. The van der Waals surface area contributed by atoms with E-state index in [2.05, 4.69) is 5.32 Å². The molecular formula is C22H22N2O4S. The number of hydrogen-bond donors (Lipinski definition) is 1. The molecule has 1 aliphatic heterocycles. The molecular weight excluding hydrogens is 388 g/mol. The van der Waals surface area contributed by atoms with E-state index in [4.69, 9.17) is 14.2 Å². The first kappa shape index (κ1) is 19.1. The maximum atomic E-state index is 13.2. The average molecular weight is 410 g/mol. The van der Waals surface area contributed by atoms with Gasteiger partial charge in [0.25, 0.3) is 0 Å². The maximum Gasteiger partial charge on any atom is 0.246 e. The number of carbonyl (C=O) groups excluding carboxylic acids is 1. The highest BCUT2D eigenvalue weighted by atomic mass is 32.1. The quantitative estimate of drug-likeness (QED) is 0.633. The number of methoxy groups -OCH3 is 1. The normalized spacial score (nSPS) is 12.3. The molecule has 0 unspecified atom stereocenters. The topological polar surface area (TPSA) is 60.0 Å². The second-order valence-electron chi connectivity index (χ2n) is 6.44. The number of ether oxygens (including phenoxy) is 3. The Hall–Kier alpha value is -3.19. The van der Waals surface area contributed by atoms with Gasteiger partial charge < -0.3 is 24.4 Å². The molecule has 0 saturated carbocycles. The van der Waals surface area contributed by atoms with Crippen LogP contribution in [0.4, 0.5) is 11.4 Å². The lowest BCUT2D eigenvalue weighted by molar-refractivity contribution is -0.117. The highest BCUT2D eigenvalue weighted by Crippen LogP contribution is 2.35. The van der Waals surface area contributed by atoms with Crippen molar-refractivity contribution in [2.75, 3.05) is 37.1 Å². The number of thiophene rings is 1. The van der Waals surface area contributed by atoms with Crippen LogP contribution in [0.2, 0.25) is 0 Å². The van der Waals surface area contributed by atoms with Gasteiger partial charge in [-0.05, 0) is 35.7 Å². The fourth-order valence-corrected chi connectivity index (χ4v) is 3.83. The number of nitrogens with zero attached hydrogens (tertiary/aromatic N) is 1. The largest absolute Gasteiger partial charge is 0.495 e. The Morgan fingerprint density at radius 2 is 1.93 bits per heavy atom. The van der Waals surface area contributed by atoms with E-state index >= 15 is 0 Å². The van der Waals surface area contributed by atoms with Crippen LogP contribution < -0.4 is 24.4 Å². The van der Waals surface area contributed by atoms with E-state index in [1.165, 1.54) is 0 Å². The van der Waals surface area contributed by atoms with Crippen molar-refractivity contribution in [2.24, 2.45) is 0 Å². The molecule has 1 amide bonds. The Kier molecular flexibility index (Phi) is 5.86. The van der Waals surface area contributed by atoms with E-state index in [9.17, 15) is 4.79 Å². The zero-order valence-electron chi connectivity index (χ0n) is 16.1. The van der Waals surface area contributed by atoms with Gasteiger partial charge in [0.1, 0.15) is 19.0 Å². The van der Waals surface area contributed by atoms with Crippen LogP contribution in [0.25, 0.3) is 0 Å². The van der Waals surface area contributed by atoms with E-state index in [1.807, 2.05) is 60.0 Å². The summed E-state index contributed by atoms with van der Waals surface area (Å²) < 4.78 is 16.7. The minimum atomic E-state index is -0.0546. The highest BCUT2D eigenvalue weighted by molar-refractivity contribution is 7.09. The zero-order valence-corrected chi connectivity index (χ0v) is 16.9. The Balaban J connectivity index is 1.56. The van der Waals surface area contributed by atoms with Crippen molar-refractivity contribution in [3.8, 4) is 17.2 Å². The summed E-state index contributed by atoms with van der Waals surface area (Å²) in [6, 6.07) is 17.2. The fraction of sp³-hybridized carbons (Fsp3) is 0.227. The molecule has 1 aromatic heterocycles. The van der Waals surface area contributed by atoms with Gasteiger partial charge in [0.15, 0.2) is 11.5 Å². The summed E-state index contributed by atoms with van der Waals surface area (Å²) in [7, 11) is 1.61. The monoisotopic (exact) mass is 410 g/mol. The molecule has 150 valence electrons. The van der Waals surface area contributed by atoms with Crippen LogP contribution in [-0.4, -0.2) is 32.8 Å². The van der Waals surface area contributed by atoms with Gasteiger partial charge in [-0.25, -0.2) is 0 Å². The minimum absolute atomic E-state index is 0.0546. The molecule has 0 spiro atoms. The van der Waals surface area contributed by atoms with Crippen molar-refractivity contribution < 1.29 is 19.0 Å². The molecule has 6 nitrogen and oxygen atoms in total. The number of nitrogens with one attached hydrogen (secondary N) is 1. The molecule has 1 aliphatic rings. The van der Waals surface area contributed by atoms with E-state index in [0.29, 0.717) is 37.0 Å². The number of amides is 1. The molecule has 4 rings (SSSR count). The van der Waals surface area contributed by atoms with Gasteiger partial charge in [0.2, 0.25) is 5.91 Å². The van der Waals surface area contributed by atoms with Crippen molar-refractivity contribution in [3.63, 3.8) is 0 Å². The molecule has 2 aromatic carbocycles. The standard InChI is InChI=1S/C22H22N2O4S/c1-26-19-7-3-2-6-18(19)23-14-22(25)24(15-17-5-4-12-29-17)16-8-9-20-21(13-16)28-11-10-27-20/h2-9,12-13,23H,10-11,14-15H2,1H3. The summed E-state index contributed by atoms with van der Waals surface area (Å²) in [6.45, 7) is 1.67. The molecule has 0 fully saturated rings. The van der Waals surface area contributed by atoms with Gasteiger partial charge in [-0.1, -0.05) is 18.2 Å². The van der Waals surface area contributed by atoms with Gasteiger partial charge in [-0.3, -0.25) is 4.79 Å². The third-order valence-corrected chi connectivity index (χ3v) is 5.43. The van der Waals surface area contributed by atoms with Crippen LogP contribution in [0.5, 0.6) is 17.2 Å². The summed E-state index contributed by atoms with van der Waals surface area (Å²) in [5, 5.41) is 5.20. The van der Waals surface area contributed by atoms with Gasteiger partial charge in [0, 0.05) is 16.6 Å². The lowest BCUT2D eigenvalue weighted by Gasteiger charge is -2.25. The molecule has 0 atom stereocenters. The van der Waals surface area contributed by atoms with Crippen molar-refractivity contribution in [2.45, 2.75) is 6.54 Å². The number of carbonyl (C=O) groups is 1. The van der Waals surface area contributed by atoms with Gasteiger partial charge in [-0.15, -0.1) is 11.3 Å². The SMILES string of the molecule is COc1ccccc1NCC(=O)N(Cc1cccs1)c1ccc2c(c1)OCCO2. The predicted molar refractivity (Wildman–Crippen MR) is 114 cm³/mol. The molecule has 29 heavy (non-hydrogen) atoms. The van der Waals surface area contributed by atoms with Crippen molar-refractivity contribution in [3.05, 3.63) is 64.9 Å². The lowest BCUT2D eigenvalue weighted by Crippen LogP contribution is -2.35. The molecule has 3 aromatic rings. The number of fused-ring (bicyclic) bond motifs is 1. The Labute approximate surface area is 173 Å². The van der Waals surface area contributed by atoms with Crippen LogP contribution >= 0.6 is 11.3 Å². The number of rotatable bonds is 7. The van der Waals surface area contributed by atoms with Gasteiger partial charge >= 0.3 is 0 Å². The zero-order chi connectivity index (χ0) is 20.1. The molecule has 0 radical (unpaired) electrons. The first-order valence-electron chi connectivity index (χ1n) is 9.34. The summed E-state index contributed by atoms with van der Waals surface area (Å²) in [5.74, 6) is 2.01. The molecule has 7 heteroatoms. The number of anilines is 2. The highest BCUT2D eigenvalue weighted by Gasteiger charge is 2.20. The minimum Gasteiger partial charge on any atom is -0.495 e. The first-order chi connectivity index (χ1) is 14.2. The van der Waals surface area contributed by atoms with E-state index in [-0.39, 0.29) is 12.5 Å². The van der Waals surface area contributed by atoms with Crippen molar-refractivity contribution in [1.82, 2.24) is 0 Å². The first-order valence-corrected chi connectivity index (χ1v) is 10.2. The third kappa shape index (κ3) is 4.46. The molecule has 0 saturated heterocycles. The third-order valence-electron chi connectivity index (χ3n) is 4.57. The maximum absolute atomic E-state index is 13.2. The smallest absolute Gasteiger partial charge is 0.246 e. The van der Waals surface area contributed by atoms with Gasteiger partial charge in [0.05, 0.1) is 25.9 Å². The van der Waals surface area contributed by atoms with E-state index in [0.717, 1.165) is 16.3 Å². The van der Waals surface area contributed by atoms with Gasteiger partial charge in [-0.2, -0.15) is 0 Å². The van der Waals surface area contributed by atoms with Crippen LogP contribution in [0.1, 0.15) is 4.88 Å².